The van der Waals surface area contributed by atoms with Gasteiger partial charge in [-0.25, -0.2) is 0 Å². The average molecular weight is 182 g/mol. The van der Waals surface area contributed by atoms with Gasteiger partial charge in [0.25, 0.3) is 0 Å². The largest absolute Gasteiger partial charge is 0.468 e. The Morgan fingerprint density at radius 2 is 2.31 bits per heavy atom. The predicted molar refractivity (Wildman–Crippen MR) is 53.7 cm³/mol. The van der Waals surface area contributed by atoms with Crippen LogP contribution in [0.2, 0.25) is 0 Å². The van der Waals surface area contributed by atoms with Gasteiger partial charge in [0.1, 0.15) is 5.76 Å². The summed E-state index contributed by atoms with van der Waals surface area (Å²) in [5.74, 6) is 1.01. The molecule has 1 aromatic heterocycles. The minimum Gasteiger partial charge on any atom is -0.468 e. The Labute approximate surface area is 79.7 Å². The van der Waals surface area contributed by atoms with Crippen molar-refractivity contribution in [2.45, 2.75) is 13.0 Å². The third kappa shape index (κ3) is 3.20. The Morgan fingerprint density at radius 3 is 2.77 bits per heavy atom. The monoisotopic (exact) mass is 182 g/mol. The van der Waals surface area contributed by atoms with Crippen LogP contribution in [0.5, 0.6) is 0 Å². The van der Waals surface area contributed by atoms with Crippen LogP contribution >= 0.6 is 0 Å². The molecule has 1 N–H and O–H groups in total. The maximum absolute atomic E-state index is 5.36. The second-order valence-electron chi connectivity index (χ2n) is 3.39. The van der Waals surface area contributed by atoms with Crippen LogP contribution < -0.4 is 5.32 Å². The van der Waals surface area contributed by atoms with Gasteiger partial charge in [-0.1, -0.05) is 6.92 Å². The molecule has 3 heteroatoms. The Balaban J connectivity index is 2.57. The molecule has 0 aliphatic rings. The summed E-state index contributed by atoms with van der Waals surface area (Å²) in [6, 6.07) is 4.24. The van der Waals surface area contributed by atoms with Gasteiger partial charge in [0.2, 0.25) is 0 Å². The zero-order valence-corrected chi connectivity index (χ0v) is 8.58. The van der Waals surface area contributed by atoms with E-state index >= 15 is 0 Å². The van der Waals surface area contributed by atoms with Crippen LogP contribution in [0.4, 0.5) is 0 Å². The highest BCUT2D eigenvalue weighted by molar-refractivity contribution is 5.04. The van der Waals surface area contributed by atoms with Crippen LogP contribution in [-0.4, -0.2) is 32.1 Å². The van der Waals surface area contributed by atoms with Crippen LogP contribution in [0, 0.1) is 0 Å². The molecule has 13 heavy (non-hydrogen) atoms. The normalized spacial score (nSPS) is 13.5. The fraction of sp³-hybridized carbons (Fsp3) is 0.600. The first-order valence-electron chi connectivity index (χ1n) is 4.65. The topological polar surface area (TPSA) is 28.4 Å². The third-order valence-corrected chi connectivity index (χ3v) is 1.88. The van der Waals surface area contributed by atoms with E-state index in [0.29, 0.717) is 6.04 Å². The second-order valence-corrected chi connectivity index (χ2v) is 3.39. The summed E-state index contributed by atoms with van der Waals surface area (Å²) >= 11 is 0. The highest BCUT2D eigenvalue weighted by Crippen LogP contribution is 2.13. The summed E-state index contributed by atoms with van der Waals surface area (Å²) in [5, 5.41) is 3.38. The van der Waals surface area contributed by atoms with Crippen LogP contribution in [0.3, 0.4) is 0 Å². The summed E-state index contributed by atoms with van der Waals surface area (Å²) in [5.41, 5.74) is 0. The lowest BCUT2D eigenvalue weighted by atomic mass is 10.2. The van der Waals surface area contributed by atoms with Crippen molar-refractivity contribution < 1.29 is 4.42 Å². The number of likely N-dealkylation sites (N-methyl/N-ethyl adjacent to an activating group) is 2. The van der Waals surface area contributed by atoms with E-state index in [4.69, 9.17) is 4.42 Å². The molecule has 1 rings (SSSR count). The molecule has 0 spiro atoms. The maximum Gasteiger partial charge on any atom is 0.121 e. The van der Waals surface area contributed by atoms with Crippen molar-refractivity contribution in [3.8, 4) is 0 Å². The lowest BCUT2D eigenvalue weighted by molar-refractivity contribution is 0.312. The van der Waals surface area contributed by atoms with Gasteiger partial charge in [0.15, 0.2) is 0 Å². The van der Waals surface area contributed by atoms with E-state index in [1.54, 1.807) is 6.26 Å². The predicted octanol–water partition coefficient (Wildman–Crippen LogP) is 1.49. The number of furan rings is 1. The van der Waals surface area contributed by atoms with Crippen molar-refractivity contribution in [3.63, 3.8) is 0 Å². The second kappa shape index (κ2) is 5.04. The van der Waals surface area contributed by atoms with Gasteiger partial charge in [-0.05, 0) is 32.8 Å². The molecule has 0 aromatic carbocycles. The molecule has 1 aromatic rings. The van der Waals surface area contributed by atoms with Gasteiger partial charge in [0, 0.05) is 6.54 Å². The van der Waals surface area contributed by atoms with Gasteiger partial charge in [-0.15, -0.1) is 0 Å². The third-order valence-electron chi connectivity index (χ3n) is 1.88. The van der Waals surface area contributed by atoms with Gasteiger partial charge in [-0.2, -0.15) is 0 Å². The highest BCUT2D eigenvalue weighted by atomic mass is 16.3. The molecule has 0 aliphatic heterocycles. The molecule has 0 saturated heterocycles. The fourth-order valence-corrected chi connectivity index (χ4v) is 1.36. The number of rotatable bonds is 5. The van der Waals surface area contributed by atoms with E-state index < -0.39 is 0 Å². The minimum atomic E-state index is 0.301. The SMILES string of the molecule is CCNC(CN(C)C)c1ccco1. The summed E-state index contributed by atoms with van der Waals surface area (Å²) in [6.45, 7) is 4.02. The van der Waals surface area contributed by atoms with Crippen molar-refractivity contribution in [2.75, 3.05) is 27.2 Å². The molecule has 3 nitrogen and oxygen atoms in total. The summed E-state index contributed by atoms with van der Waals surface area (Å²) in [6.07, 6.45) is 1.72. The summed E-state index contributed by atoms with van der Waals surface area (Å²) < 4.78 is 5.36. The molecule has 0 fully saturated rings. The van der Waals surface area contributed by atoms with E-state index in [-0.39, 0.29) is 0 Å². The zero-order chi connectivity index (χ0) is 9.68. The first-order chi connectivity index (χ1) is 6.24. The molecule has 0 amide bonds. The van der Waals surface area contributed by atoms with Crippen LogP contribution in [0.1, 0.15) is 18.7 Å². The maximum atomic E-state index is 5.36. The van der Waals surface area contributed by atoms with Crippen molar-refractivity contribution >= 4 is 0 Å². The molecule has 1 unspecified atom stereocenters. The van der Waals surface area contributed by atoms with Crippen molar-refractivity contribution in [1.82, 2.24) is 10.2 Å². The quantitative estimate of drug-likeness (QED) is 0.748. The standard InChI is InChI=1S/C10H18N2O/c1-4-11-9(8-12(2)3)10-6-5-7-13-10/h5-7,9,11H,4,8H2,1-3H3. The summed E-state index contributed by atoms with van der Waals surface area (Å²) in [4.78, 5) is 2.15. The number of hydrogen-bond acceptors (Lipinski definition) is 3. The number of nitrogens with one attached hydrogen (secondary N) is 1. The van der Waals surface area contributed by atoms with Gasteiger partial charge >= 0.3 is 0 Å². The van der Waals surface area contributed by atoms with Crippen LogP contribution in [0.15, 0.2) is 22.8 Å². The smallest absolute Gasteiger partial charge is 0.121 e. The van der Waals surface area contributed by atoms with E-state index in [1.807, 2.05) is 12.1 Å². The molecule has 0 bridgehead atoms. The molecular formula is C10H18N2O. The van der Waals surface area contributed by atoms with Gasteiger partial charge < -0.3 is 14.6 Å². The molecule has 0 radical (unpaired) electrons. The van der Waals surface area contributed by atoms with E-state index in [1.165, 1.54) is 0 Å². The highest BCUT2D eigenvalue weighted by Gasteiger charge is 2.13. The Kier molecular flexibility index (Phi) is 3.99. The van der Waals surface area contributed by atoms with Crippen LogP contribution in [-0.2, 0) is 0 Å². The molecule has 1 atom stereocenters. The Morgan fingerprint density at radius 1 is 1.54 bits per heavy atom. The van der Waals surface area contributed by atoms with Crippen molar-refractivity contribution in [2.24, 2.45) is 0 Å². The molecule has 0 aliphatic carbocycles. The van der Waals surface area contributed by atoms with Crippen LogP contribution in [0.25, 0.3) is 0 Å². The summed E-state index contributed by atoms with van der Waals surface area (Å²) in [7, 11) is 4.13. The zero-order valence-electron chi connectivity index (χ0n) is 8.58. The molecule has 1 heterocycles. The first kappa shape index (κ1) is 10.3. The molecule has 0 saturated carbocycles. The number of hydrogen-bond donors (Lipinski definition) is 1. The lowest BCUT2D eigenvalue weighted by Gasteiger charge is -2.19. The lowest BCUT2D eigenvalue weighted by Crippen LogP contribution is -2.30. The average Bonchev–Trinajstić information content (AvgIpc) is 2.54. The minimum absolute atomic E-state index is 0.301. The van der Waals surface area contributed by atoms with Crippen molar-refractivity contribution in [3.05, 3.63) is 24.2 Å². The Bertz CT molecular complexity index is 219. The molecular weight excluding hydrogens is 164 g/mol. The van der Waals surface area contributed by atoms with Crippen molar-refractivity contribution in [1.29, 1.82) is 0 Å². The van der Waals surface area contributed by atoms with E-state index in [9.17, 15) is 0 Å². The fourth-order valence-electron chi connectivity index (χ4n) is 1.36. The Hall–Kier alpha value is -0.800. The number of nitrogens with zero attached hydrogens (tertiary/aromatic N) is 1. The van der Waals surface area contributed by atoms with Gasteiger partial charge in [-0.3, -0.25) is 0 Å². The van der Waals surface area contributed by atoms with E-state index in [2.05, 4.69) is 31.2 Å². The first-order valence-corrected chi connectivity index (χ1v) is 4.65. The van der Waals surface area contributed by atoms with Gasteiger partial charge in [0.05, 0.1) is 12.3 Å². The van der Waals surface area contributed by atoms with E-state index in [0.717, 1.165) is 18.8 Å². The molecule has 74 valence electrons.